The van der Waals surface area contributed by atoms with Crippen LogP contribution in [0.3, 0.4) is 0 Å². The summed E-state index contributed by atoms with van der Waals surface area (Å²) in [6.45, 7) is 2.83. The van der Waals surface area contributed by atoms with Gasteiger partial charge in [0.15, 0.2) is 12.6 Å². The molecule has 0 aromatic rings. The van der Waals surface area contributed by atoms with Gasteiger partial charge in [0.05, 0.1) is 32.0 Å². The lowest BCUT2D eigenvalue weighted by Crippen LogP contribution is -2.65. The number of carbonyl (C=O) groups is 1. The zero-order valence-electron chi connectivity index (χ0n) is 49.2. The SMILES string of the molecule is CCCCCCCCCCCCC/C=C/[C@@H](O)[C@H](CO[C@@H]1O[C@H](CO)[C@@H](O[C@@H]2O[C@H](CO)[C@H](O)C(O)C2O)C(O)C1O)NC(=O)CCCCCCCCCCCCCCCCCCCCCCCCCCCCCCCC. The first-order chi connectivity index (χ1) is 37.6. The summed E-state index contributed by atoms with van der Waals surface area (Å²) in [4.78, 5) is 13.3. The van der Waals surface area contributed by atoms with Gasteiger partial charge in [-0.2, -0.15) is 0 Å². The van der Waals surface area contributed by atoms with E-state index in [1.54, 1.807) is 6.08 Å². The van der Waals surface area contributed by atoms with Crippen molar-refractivity contribution in [1.82, 2.24) is 5.32 Å². The third-order valence-electron chi connectivity index (χ3n) is 16.2. The number of hydrogen-bond acceptors (Lipinski definition) is 13. The van der Waals surface area contributed by atoms with Gasteiger partial charge in [-0.3, -0.25) is 4.79 Å². The van der Waals surface area contributed by atoms with Gasteiger partial charge in [-0.25, -0.2) is 0 Å². The first kappa shape index (κ1) is 71.8. The average molecular weight is 1100 g/mol. The Morgan fingerprint density at radius 1 is 0.455 bits per heavy atom. The number of aliphatic hydroxyl groups is 8. The zero-order chi connectivity index (χ0) is 56.0. The quantitative estimate of drug-likeness (QED) is 0.0204. The highest BCUT2D eigenvalue weighted by Gasteiger charge is 2.51. The molecule has 77 heavy (non-hydrogen) atoms. The molecule has 2 rings (SSSR count). The molecule has 0 saturated carbocycles. The fourth-order valence-corrected chi connectivity index (χ4v) is 11.0. The number of carbonyl (C=O) groups excluding carboxylic acids is 1. The molecule has 12 atom stereocenters. The van der Waals surface area contributed by atoms with Crippen molar-refractivity contribution in [2.24, 2.45) is 0 Å². The van der Waals surface area contributed by atoms with Gasteiger partial charge in [-0.05, 0) is 19.3 Å². The van der Waals surface area contributed by atoms with E-state index < -0.39 is 86.8 Å². The minimum absolute atomic E-state index is 0.233. The lowest BCUT2D eigenvalue weighted by Gasteiger charge is -2.46. The number of allylic oxidation sites excluding steroid dienone is 1. The number of aliphatic hydroxyl groups excluding tert-OH is 8. The molecule has 14 heteroatoms. The third-order valence-corrected chi connectivity index (χ3v) is 16.2. The Balaban J connectivity index is 1.64. The molecule has 2 aliphatic heterocycles. The second-order valence-corrected chi connectivity index (χ2v) is 23.3. The summed E-state index contributed by atoms with van der Waals surface area (Å²) in [5.74, 6) is -0.233. The second-order valence-electron chi connectivity index (χ2n) is 23.3. The van der Waals surface area contributed by atoms with Crippen molar-refractivity contribution in [3.63, 3.8) is 0 Å². The van der Waals surface area contributed by atoms with Crippen LogP contribution in [0.5, 0.6) is 0 Å². The summed E-state index contributed by atoms with van der Waals surface area (Å²) in [5, 5.41) is 87.1. The van der Waals surface area contributed by atoms with Gasteiger partial charge in [0.2, 0.25) is 5.91 Å². The van der Waals surface area contributed by atoms with E-state index in [0.717, 1.165) is 38.5 Å². The Morgan fingerprint density at radius 3 is 1.19 bits per heavy atom. The van der Waals surface area contributed by atoms with Gasteiger partial charge in [0, 0.05) is 6.42 Å². The maximum absolute atomic E-state index is 13.3. The fourth-order valence-electron chi connectivity index (χ4n) is 11.0. The maximum Gasteiger partial charge on any atom is 0.220 e. The Labute approximate surface area is 469 Å². The monoisotopic (exact) mass is 1100 g/mol. The first-order valence-electron chi connectivity index (χ1n) is 32.4. The molecule has 0 aromatic carbocycles. The molecule has 2 heterocycles. The summed E-state index contributed by atoms with van der Waals surface area (Å²) < 4.78 is 22.8. The predicted molar refractivity (Wildman–Crippen MR) is 309 cm³/mol. The van der Waals surface area contributed by atoms with Crippen LogP contribution in [-0.4, -0.2) is 140 Å². The number of nitrogens with one attached hydrogen (secondary N) is 1. The van der Waals surface area contributed by atoms with E-state index in [0.29, 0.717) is 6.42 Å². The largest absolute Gasteiger partial charge is 0.394 e. The summed E-state index contributed by atoms with van der Waals surface area (Å²) in [6, 6.07) is -0.909. The molecular formula is C63H121NO13. The molecular weight excluding hydrogens is 979 g/mol. The molecule has 4 unspecified atom stereocenters. The van der Waals surface area contributed by atoms with Crippen LogP contribution in [0.4, 0.5) is 0 Å². The van der Waals surface area contributed by atoms with Crippen molar-refractivity contribution in [3.05, 3.63) is 12.2 Å². The molecule has 0 aromatic heterocycles. The Morgan fingerprint density at radius 2 is 0.805 bits per heavy atom. The van der Waals surface area contributed by atoms with E-state index in [2.05, 4.69) is 19.2 Å². The van der Waals surface area contributed by atoms with Gasteiger partial charge in [-0.1, -0.05) is 276 Å². The van der Waals surface area contributed by atoms with Crippen LogP contribution in [0.1, 0.15) is 290 Å². The molecule has 2 aliphatic rings. The van der Waals surface area contributed by atoms with E-state index in [4.69, 9.17) is 18.9 Å². The Hall–Kier alpha value is -1.27. The first-order valence-corrected chi connectivity index (χ1v) is 32.4. The number of hydrogen-bond donors (Lipinski definition) is 9. The summed E-state index contributed by atoms with van der Waals surface area (Å²) in [6.07, 6.45) is 41.4. The van der Waals surface area contributed by atoms with Gasteiger partial charge in [-0.15, -0.1) is 0 Å². The van der Waals surface area contributed by atoms with Crippen LogP contribution in [0, 0.1) is 0 Å². The average Bonchev–Trinajstić information content (AvgIpc) is 3.44. The standard InChI is InChI=1S/C63H121NO13/c1-3-5-7-9-11-13-15-17-18-19-20-21-22-23-24-25-26-27-28-29-30-31-32-33-35-37-39-41-43-45-47-55(68)64-51(52(67)46-44-42-40-38-36-34-16-14-12-10-8-6-4-2)50-74-62-60(73)58(71)61(54(49-66)76-62)77-63-59(72)57(70)56(69)53(48-65)75-63/h44,46,51-54,56-63,65-67,69-73H,3-43,45,47-50H2,1-2H3,(H,64,68)/b46-44+/t51-,52+,53+,54+,56-,57?,58?,59?,60?,61+,62+,63-/m0/s1. The minimum atomic E-state index is -1.79. The molecule has 9 N–H and O–H groups in total. The van der Waals surface area contributed by atoms with E-state index in [1.807, 2.05) is 6.08 Å². The number of rotatable bonds is 53. The minimum Gasteiger partial charge on any atom is -0.394 e. The highest BCUT2D eigenvalue weighted by Crippen LogP contribution is 2.30. The molecule has 0 aliphatic carbocycles. The predicted octanol–water partition coefficient (Wildman–Crippen LogP) is 11.8. The number of amides is 1. The highest BCUT2D eigenvalue weighted by atomic mass is 16.7. The normalized spacial score (nSPS) is 24.7. The Bertz CT molecular complexity index is 1340. The molecule has 2 saturated heterocycles. The number of ether oxygens (including phenoxy) is 4. The Kier molecular flexibility index (Phi) is 46.0. The smallest absolute Gasteiger partial charge is 0.220 e. The van der Waals surface area contributed by atoms with E-state index in [1.165, 1.54) is 225 Å². The van der Waals surface area contributed by atoms with Crippen molar-refractivity contribution < 1.29 is 64.6 Å². The van der Waals surface area contributed by atoms with Crippen molar-refractivity contribution in [2.45, 2.75) is 364 Å². The molecule has 14 nitrogen and oxygen atoms in total. The van der Waals surface area contributed by atoms with E-state index in [9.17, 15) is 45.6 Å². The highest BCUT2D eigenvalue weighted by molar-refractivity contribution is 5.76. The van der Waals surface area contributed by atoms with Crippen LogP contribution < -0.4 is 5.32 Å². The second kappa shape index (κ2) is 49.3. The van der Waals surface area contributed by atoms with Gasteiger partial charge >= 0.3 is 0 Å². The van der Waals surface area contributed by atoms with Gasteiger partial charge < -0.3 is 65.1 Å². The summed E-state index contributed by atoms with van der Waals surface area (Å²) >= 11 is 0. The van der Waals surface area contributed by atoms with E-state index >= 15 is 0 Å². The van der Waals surface area contributed by atoms with Crippen LogP contribution in [0.25, 0.3) is 0 Å². The molecule has 456 valence electrons. The number of unbranched alkanes of at least 4 members (excludes halogenated alkanes) is 40. The lowest BCUT2D eigenvalue weighted by atomic mass is 9.97. The van der Waals surface area contributed by atoms with Crippen molar-refractivity contribution in [3.8, 4) is 0 Å². The van der Waals surface area contributed by atoms with Crippen LogP contribution in [-0.2, 0) is 23.7 Å². The van der Waals surface area contributed by atoms with Crippen LogP contribution in [0.2, 0.25) is 0 Å². The molecule has 0 spiro atoms. The zero-order valence-corrected chi connectivity index (χ0v) is 49.2. The van der Waals surface area contributed by atoms with Crippen LogP contribution in [0.15, 0.2) is 12.2 Å². The molecule has 1 amide bonds. The van der Waals surface area contributed by atoms with Crippen molar-refractivity contribution in [1.29, 1.82) is 0 Å². The molecule has 0 bridgehead atoms. The van der Waals surface area contributed by atoms with Gasteiger partial charge in [0.1, 0.15) is 48.8 Å². The maximum atomic E-state index is 13.3. The summed E-state index contributed by atoms with van der Waals surface area (Å²) in [7, 11) is 0. The van der Waals surface area contributed by atoms with Crippen molar-refractivity contribution >= 4 is 5.91 Å². The third kappa shape index (κ3) is 34.7. The van der Waals surface area contributed by atoms with E-state index in [-0.39, 0.29) is 18.9 Å². The van der Waals surface area contributed by atoms with Gasteiger partial charge in [0.25, 0.3) is 0 Å². The van der Waals surface area contributed by atoms with Crippen LogP contribution >= 0.6 is 0 Å². The topological polar surface area (TPSA) is 228 Å². The fraction of sp³-hybridized carbons (Fsp3) is 0.952. The molecule has 0 radical (unpaired) electrons. The lowest BCUT2D eigenvalue weighted by molar-refractivity contribution is -0.359. The molecule has 2 fully saturated rings. The summed E-state index contributed by atoms with van der Waals surface area (Å²) in [5.41, 5.74) is 0. The van der Waals surface area contributed by atoms with Crippen molar-refractivity contribution in [2.75, 3.05) is 19.8 Å².